The van der Waals surface area contributed by atoms with Crippen molar-refractivity contribution in [2.24, 2.45) is 4.99 Å². The van der Waals surface area contributed by atoms with Gasteiger partial charge in [0, 0.05) is 28.1 Å². The highest BCUT2D eigenvalue weighted by molar-refractivity contribution is 9.10. The summed E-state index contributed by atoms with van der Waals surface area (Å²) in [6, 6.07) is 26.7. The predicted octanol–water partition coefficient (Wildman–Crippen LogP) is 8.17. The Morgan fingerprint density at radius 2 is 1.41 bits per heavy atom. The molecule has 0 bridgehead atoms. The first-order valence-corrected chi connectivity index (χ1v) is 12.7. The second-order valence-corrected chi connectivity index (χ2v) is 10.1. The van der Waals surface area contributed by atoms with Crippen LogP contribution in [0.1, 0.15) is 16.7 Å². The van der Waals surface area contributed by atoms with Gasteiger partial charge in [0.25, 0.3) is 11.4 Å². The lowest BCUT2D eigenvalue weighted by atomic mass is 10.1. The Hall–Kier alpha value is -4.02. The van der Waals surface area contributed by atoms with Crippen LogP contribution in [0.25, 0.3) is 0 Å². The van der Waals surface area contributed by atoms with Gasteiger partial charge in [-0.2, -0.15) is 0 Å². The van der Waals surface area contributed by atoms with Crippen molar-refractivity contribution in [3.05, 3.63) is 132 Å². The Morgan fingerprint density at radius 1 is 0.811 bits per heavy atom. The van der Waals surface area contributed by atoms with Crippen molar-refractivity contribution in [2.75, 3.05) is 4.31 Å². The molecule has 0 unspecified atom stereocenters. The number of aryl methyl sites for hydroxylation is 2. The van der Waals surface area contributed by atoms with Gasteiger partial charge in [-0.05, 0) is 56.3 Å². The fourth-order valence-electron chi connectivity index (χ4n) is 3.40. The largest absolute Gasteiger partial charge is 0.291 e. The first-order valence-electron chi connectivity index (χ1n) is 11.1. The third kappa shape index (κ3) is 6.41. The number of aliphatic imine (C=N–C) groups is 1. The summed E-state index contributed by atoms with van der Waals surface area (Å²) in [4.78, 5) is 27.1. The summed E-state index contributed by atoms with van der Waals surface area (Å²) in [5.41, 5.74) is 3.66. The average molecular weight is 577 g/mol. The number of non-ortho nitro benzene ring substituents is 1. The molecule has 0 radical (unpaired) electrons. The molecule has 0 fully saturated rings. The number of nitro groups is 2. The minimum absolute atomic E-state index is 0.241. The summed E-state index contributed by atoms with van der Waals surface area (Å²) in [5, 5.41) is 23.1. The fraction of sp³-hybridized carbons (Fsp3) is 0.0741. The molecule has 0 aliphatic rings. The lowest BCUT2D eigenvalue weighted by Crippen LogP contribution is -2.25. The van der Waals surface area contributed by atoms with E-state index in [0.29, 0.717) is 11.5 Å². The maximum absolute atomic E-state index is 11.9. The first-order chi connectivity index (χ1) is 17.7. The molecule has 0 amide bonds. The number of rotatable bonds is 7. The van der Waals surface area contributed by atoms with Crippen LogP contribution in [0, 0.1) is 34.1 Å². The summed E-state index contributed by atoms with van der Waals surface area (Å²) >= 11 is 4.55. The number of amidine groups is 1. The van der Waals surface area contributed by atoms with Crippen molar-refractivity contribution in [3.63, 3.8) is 0 Å². The molecule has 0 saturated heterocycles. The van der Waals surface area contributed by atoms with E-state index in [1.54, 1.807) is 4.31 Å². The third-order valence-electron chi connectivity index (χ3n) is 5.37. The number of nitro benzene ring substituents is 2. The van der Waals surface area contributed by atoms with E-state index >= 15 is 0 Å². The van der Waals surface area contributed by atoms with Gasteiger partial charge in [-0.3, -0.25) is 24.5 Å². The molecular formula is C27H21BrN4O4S. The number of hydrogen-bond donors (Lipinski definition) is 0. The Kier molecular flexibility index (Phi) is 8.00. The van der Waals surface area contributed by atoms with Crippen molar-refractivity contribution in [1.29, 1.82) is 0 Å². The van der Waals surface area contributed by atoms with Crippen LogP contribution in [0.3, 0.4) is 0 Å². The molecule has 0 atom stereocenters. The average Bonchev–Trinajstić information content (AvgIpc) is 2.88. The molecular weight excluding hydrogens is 556 g/mol. The summed E-state index contributed by atoms with van der Waals surface area (Å²) in [6.45, 7) is 3.96. The zero-order valence-corrected chi connectivity index (χ0v) is 22.3. The van der Waals surface area contributed by atoms with E-state index in [2.05, 4.69) is 15.9 Å². The number of hydrogen-bond acceptors (Lipinski definition) is 6. The topological polar surface area (TPSA) is 102 Å². The van der Waals surface area contributed by atoms with Crippen LogP contribution in [0.4, 0.5) is 22.7 Å². The molecule has 0 aromatic heterocycles. The maximum atomic E-state index is 11.9. The maximum Gasteiger partial charge on any atom is 0.291 e. The summed E-state index contributed by atoms with van der Waals surface area (Å²) in [7, 11) is 0. The summed E-state index contributed by atoms with van der Waals surface area (Å²) in [5.74, 6) is 0.540. The molecule has 186 valence electrons. The van der Waals surface area contributed by atoms with Gasteiger partial charge in [0.05, 0.1) is 27.3 Å². The second-order valence-electron chi connectivity index (χ2n) is 8.17. The van der Waals surface area contributed by atoms with Crippen molar-refractivity contribution < 1.29 is 9.85 Å². The van der Waals surface area contributed by atoms with Gasteiger partial charge in [0.15, 0.2) is 5.84 Å². The molecule has 0 saturated carbocycles. The minimum atomic E-state index is -0.648. The lowest BCUT2D eigenvalue weighted by Gasteiger charge is -2.25. The van der Waals surface area contributed by atoms with E-state index in [9.17, 15) is 20.2 Å². The van der Waals surface area contributed by atoms with Gasteiger partial charge in [-0.1, -0.05) is 63.5 Å². The normalized spacial score (nSPS) is 11.3. The van der Waals surface area contributed by atoms with E-state index in [0.717, 1.165) is 44.9 Å². The molecule has 4 aromatic rings. The van der Waals surface area contributed by atoms with Crippen LogP contribution >= 0.6 is 27.9 Å². The van der Waals surface area contributed by atoms with Crippen molar-refractivity contribution in [2.45, 2.75) is 18.7 Å². The Labute approximate surface area is 226 Å². The molecule has 37 heavy (non-hydrogen) atoms. The molecule has 10 heteroatoms. The van der Waals surface area contributed by atoms with E-state index in [1.165, 1.54) is 12.1 Å². The van der Waals surface area contributed by atoms with Crippen LogP contribution in [0.2, 0.25) is 0 Å². The van der Waals surface area contributed by atoms with Gasteiger partial charge in [-0.15, -0.1) is 0 Å². The van der Waals surface area contributed by atoms with Gasteiger partial charge >= 0.3 is 0 Å². The number of nitrogens with zero attached hydrogens (tertiary/aromatic N) is 4. The van der Waals surface area contributed by atoms with Crippen LogP contribution in [0.5, 0.6) is 0 Å². The van der Waals surface area contributed by atoms with Gasteiger partial charge < -0.3 is 0 Å². The number of benzene rings is 4. The van der Waals surface area contributed by atoms with Gasteiger partial charge in [0.1, 0.15) is 4.90 Å². The second kappa shape index (κ2) is 11.4. The number of anilines is 1. The molecule has 4 aromatic carbocycles. The number of halogens is 1. The molecule has 8 nitrogen and oxygen atoms in total. The van der Waals surface area contributed by atoms with Crippen LogP contribution in [-0.2, 0) is 0 Å². The van der Waals surface area contributed by atoms with Crippen LogP contribution < -0.4 is 4.31 Å². The predicted molar refractivity (Wildman–Crippen MR) is 151 cm³/mol. The van der Waals surface area contributed by atoms with Crippen LogP contribution in [-0.4, -0.2) is 15.7 Å². The Balaban J connectivity index is 1.91. The SMILES string of the molecule is Cc1ccc(N=C(c2ccc(Br)cc2)N(Sc2ccc([N+](=O)[O-])cc2[N+](=O)[O-])c2ccc(C)cc2)cc1. The van der Waals surface area contributed by atoms with E-state index in [1.807, 2.05) is 86.6 Å². The zero-order chi connectivity index (χ0) is 26.5. The van der Waals surface area contributed by atoms with Crippen molar-refractivity contribution in [1.82, 2.24) is 0 Å². The highest BCUT2D eigenvalue weighted by Gasteiger charge is 2.25. The Bertz CT molecular complexity index is 1470. The zero-order valence-electron chi connectivity index (χ0n) is 19.9. The monoisotopic (exact) mass is 576 g/mol. The molecule has 0 spiro atoms. The van der Waals surface area contributed by atoms with Gasteiger partial charge in [-0.25, -0.2) is 4.99 Å². The Morgan fingerprint density at radius 3 is 1.97 bits per heavy atom. The lowest BCUT2D eigenvalue weighted by molar-refractivity contribution is -0.396. The highest BCUT2D eigenvalue weighted by Crippen LogP contribution is 2.38. The quantitative estimate of drug-likeness (QED) is 0.0722. The molecule has 0 aliphatic heterocycles. The molecule has 0 heterocycles. The van der Waals surface area contributed by atoms with E-state index < -0.39 is 9.85 Å². The van der Waals surface area contributed by atoms with Gasteiger partial charge in [0.2, 0.25) is 0 Å². The third-order valence-corrected chi connectivity index (χ3v) is 7.01. The molecule has 4 rings (SSSR count). The molecule has 0 aliphatic carbocycles. The summed E-state index contributed by atoms with van der Waals surface area (Å²) < 4.78 is 2.70. The molecule has 0 N–H and O–H groups in total. The fourth-order valence-corrected chi connectivity index (χ4v) is 4.68. The van der Waals surface area contributed by atoms with E-state index in [4.69, 9.17) is 4.99 Å². The van der Waals surface area contributed by atoms with Crippen molar-refractivity contribution >= 4 is 56.5 Å². The van der Waals surface area contributed by atoms with Crippen LogP contribution in [0.15, 0.2) is 105 Å². The van der Waals surface area contributed by atoms with Crippen molar-refractivity contribution in [3.8, 4) is 0 Å². The highest BCUT2D eigenvalue weighted by atomic mass is 79.9. The van der Waals surface area contributed by atoms with E-state index in [-0.39, 0.29) is 16.3 Å². The smallest absolute Gasteiger partial charge is 0.263 e. The minimum Gasteiger partial charge on any atom is -0.263 e. The first kappa shape index (κ1) is 26.1. The summed E-state index contributed by atoms with van der Waals surface area (Å²) in [6.07, 6.45) is 0. The standard InChI is InChI=1S/C27H21BrN4O4S/c1-18-3-11-22(12-4-18)29-27(20-7-9-21(28)10-8-20)30(23-13-5-19(2)6-14-23)37-26-16-15-24(31(33)34)17-25(26)32(35)36/h3-17H,1-2H3.